The molecule has 0 bridgehead atoms. The van der Waals surface area contributed by atoms with Crippen molar-refractivity contribution in [3.05, 3.63) is 46.7 Å². The van der Waals surface area contributed by atoms with Crippen molar-refractivity contribution >= 4 is 33.5 Å². The molecule has 1 aromatic heterocycles. The van der Waals surface area contributed by atoms with Gasteiger partial charge in [-0.2, -0.15) is 0 Å². The fourth-order valence-electron chi connectivity index (χ4n) is 2.87. The smallest absolute Gasteiger partial charge is 0.227 e. The van der Waals surface area contributed by atoms with E-state index in [4.69, 9.17) is 0 Å². The van der Waals surface area contributed by atoms with Crippen LogP contribution in [0.4, 0.5) is 11.6 Å². The molecular weight excluding hydrogens is 382 g/mol. The highest BCUT2D eigenvalue weighted by Gasteiger charge is 2.22. The second kappa shape index (κ2) is 8.29. The van der Waals surface area contributed by atoms with Crippen LogP contribution in [0.2, 0.25) is 0 Å². The van der Waals surface area contributed by atoms with E-state index in [2.05, 4.69) is 36.1 Å². The summed E-state index contributed by atoms with van der Waals surface area (Å²) in [5, 5.41) is 3.20. The number of benzene rings is 1. The quantitative estimate of drug-likeness (QED) is 0.830. The van der Waals surface area contributed by atoms with Gasteiger partial charge in [-0.25, -0.2) is 9.97 Å². The minimum atomic E-state index is 0.179. The molecule has 0 aliphatic carbocycles. The summed E-state index contributed by atoms with van der Waals surface area (Å²) < 4.78 is 1.03. The molecule has 0 saturated carbocycles. The zero-order chi connectivity index (χ0) is 17.6. The first-order valence-corrected chi connectivity index (χ1v) is 9.28. The Hall–Kier alpha value is -2.15. The highest BCUT2D eigenvalue weighted by atomic mass is 79.9. The average Bonchev–Trinajstić information content (AvgIpc) is 2.64. The lowest BCUT2D eigenvalue weighted by atomic mass is 10.1. The van der Waals surface area contributed by atoms with Gasteiger partial charge in [0.15, 0.2) is 0 Å². The number of hydrogen-bond acceptors (Lipinski definition) is 5. The summed E-state index contributed by atoms with van der Waals surface area (Å²) in [6.07, 6.45) is 2.03. The lowest BCUT2D eigenvalue weighted by Crippen LogP contribution is -2.49. The van der Waals surface area contributed by atoms with Crippen LogP contribution in [0, 0.1) is 0 Å². The topological polar surface area (TPSA) is 61.4 Å². The maximum absolute atomic E-state index is 12.5. The van der Waals surface area contributed by atoms with Crippen LogP contribution in [0.3, 0.4) is 0 Å². The molecule has 2 aromatic rings. The summed E-state index contributed by atoms with van der Waals surface area (Å²) in [5.74, 6) is 1.92. The molecule has 0 spiro atoms. The number of aromatic nitrogens is 2. The highest BCUT2D eigenvalue weighted by Crippen LogP contribution is 2.17. The minimum Gasteiger partial charge on any atom is -0.370 e. The van der Waals surface area contributed by atoms with Gasteiger partial charge in [0.05, 0.1) is 6.42 Å². The molecule has 7 heteroatoms. The van der Waals surface area contributed by atoms with Crippen LogP contribution in [0.5, 0.6) is 0 Å². The van der Waals surface area contributed by atoms with E-state index in [0.29, 0.717) is 6.42 Å². The number of hydrogen-bond donors (Lipinski definition) is 1. The summed E-state index contributed by atoms with van der Waals surface area (Å²) >= 11 is 3.42. The Balaban J connectivity index is 1.55. The molecule has 1 fully saturated rings. The van der Waals surface area contributed by atoms with Gasteiger partial charge < -0.3 is 15.1 Å². The van der Waals surface area contributed by atoms with Crippen LogP contribution in [-0.4, -0.2) is 53.5 Å². The monoisotopic (exact) mass is 403 g/mol. The molecule has 132 valence electrons. The Morgan fingerprint density at radius 3 is 2.56 bits per heavy atom. The fourth-order valence-corrected chi connectivity index (χ4v) is 3.14. The van der Waals surface area contributed by atoms with Crippen LogP contribution in [0.1, 0.15) is 12.5 Å². The third-order valence-electron chi connectivity index (χ3n) is 4.24. The summed E-state index contributed by atoms with van der Waals surface area (Å²) in [6.45, 7) is 5.88. The van der Waals surface area contributed by atoms with Crippen molar-refractivity contribution in [2.75, 3.05) is 42.9 Å². The summed E-state index contributed by atoms with van der Waals surface area (Å²) in [6, 6.07) is 9.88. The predicted molar refractivity (Wildman–Crippen MR) is 103 cm³/mol. The second-order valence-corrected chi connectivity index (χ2v) is 6.88. The van der Waals surface area contributed by atoms with Gasteiger partial charge in [0.25, 0.3) is 0 Å². The van der Waals surface area contributed by atoms with Crippen molar-refractivity contribution in [3.63, 3.8) is 0 Å². The van der Waals surface area contributed by atoms with Crippen LogP contribution >= 0.6 is 15.9 Å². The van der Waals surface area contributed by atoms with Gasteiger partial charge in [-0.15, -0.1) is 0 Å². The van der Waals surface area contributed by atoms with Crippen LogP contribution in [0.25, 0.3) is 0 Å². The molecule has 0 unspecified atom stereocenters. The van der Waals surface area contributed by atoms with Gasteiger partial charge in [0, 0.05) is 43.3 Å². The van der Waals surface area contributed by atoms with Crippen molar-refractivity contribution in [1.29, 1.82) is 0 Å². The third-order valence-corrected chi connectivity index (χ3v) is 4.76. The molecule has 1 aliphatic heterocycles. The van der Waals surface area contributed by atoms with Crippen molar-refractivity contribution < 1.29 is 4.79 Å². The number of rotatable bonds is 5. The van der Waals surface area contributed by atoms with Crippen molar-refractivity contribution in [2.45, 2.75) is 13.3 Å². The molecule has 3 rings (SSSR count). The molecule has 2 heterocycles. The van der Waals surface area contributed by atoms with E-state index in [1.807, 2.05) is 42.2 Å². The zero-order valence-electron chi connectivity index (χ0n) is 14.3. The second-order valence-electron chi connectivity index (χ2n) is 5.96. The number of carbonyl (C=O) groups is 1. The Morgan fingerprint density at radius 1 is 1.16 bits per heavy atom. The molecule has 1 aromatic carbocycles. The van der Waals surface area contributed by atoms with E-state index in [1.54, 1.807) is 6.33 Å². The number of halogens is 1. The molecule has 1 amide bonds. The SMILES string of the molecule is CCNc1cc(N2CCN(C(=O)Cc3ccc(Br)cc3)CC2)ncn1. The molecule has 0 radical (unpaired) electrons. The van der Waals surface area contributed by atoms with E-state index < -0.39 is 0 Å². The normalized spacial score (nSPS) is 14.5. The van der Waals surface area contributed by atoms with E-state index in [-0.39, 0.29) is 5.91 Å². The van der Waals surface area contributed by atoms with Crippen LogP contribution < -0.4 is 10.2 Å². The lowest BCUT2D eigenvalue weighted by Gasteiger charge is -2.35. The maximum Gasteiger partial charge on any atom is 0.227 e. The lowest BCUT2D eigenvalue weighted by molar-refractivity contribution is -0.130. The third kappa shape index (κ3) is 4.69. The number of nitrogens with zero attached hydrogens (tertiary/aromatic N) is 4. The number of carbonyl (C=O) groups excluding carboxylic acids is 1. The minimum absolute atomic E-state index is 0.179. The van der Waals surface area contributed by atoms with Gasteiger partial charge in [-0.3, -0.25) is 4.79 Å². The highest BCUT2D eigenvalue weighted by molar-refractivity contribution is 9.10. The number of amides is 1. The summed E-state index contributed by atoms with van der Waals surface area (Å²) in [7, 11) is 0. The van der Waals surface area contributed by atoms with Gasteiger partial charge in [0.1, 0.15) is 18.0 Å². The number of nitrogens with one attached hydrogen (secondary N) is 1. The van der Waals surface area contributed by atoms with Gasteiger partial charge in [0.2, 0.25) is 5.91 Å². The van der Waals surface area contributed by atoms with Crippen molar-refractivity contribution in [3.8, 4) is 0 Å². The summed E-state index contributed by atoms with van der Waals surface area (Å²) in [4.78, 5) is 25.2. The van der Waals surface area contributed by atoms with E-state index in [0.717, 1.165) is 54.4 Å². The summed E-state index contributed by atoms with van der Waals surface area (Å²) in [5.41, 5.74) is 1.04. The maximum atomic E-state index is 12.5. The molecular formula is C18H22BrN5O. The molecule has 25 heavy (non-hydrogen) atoms. The Kier molecular flexibility index (Phi) is 5.86. The average molecular weight is 404 g/mol. The van der Waals surface area contributed by atoms with E-state index in [1.165, 1.54) is 0 Å². The zero-order valence-corrected chi connectivity index (χ0v) is 15.9. The van der Waals surface area contributed by atoms with Crippen LogP contribution in [-0.2, 0) is 11.2 Å². The van der Waals surface area contributed by atoms with Crippen molar-refractivity contribution in [2.24, 2.45) is 0 Å². The van der Waals surface area contributed by atoms with Gasteiger partial charge in [-0.1, -0.05) is 28.1 Å². The molecule has 0 atom stereocenters. The fraction of sp³-hybridized carbons (Fsp3) is 0.389. The molecule has 1 saturated heterocycles. The number of anilines is 2. The molecule has 6 nitrogen and oxygen atoms in total. The standard InChI is InChI=1S/C18H22BrN5O/c1-2-20-16-12-17(22-13-21-16)23-7-9-24(10-8-23)18(25)11-14-3-5-15(19)6-4-14/h3-6,12-13H,2,7-11H2,1H3,(H,20,21,22). The Bertz CT molecular complexity index is 714. The largest absolute Gasteiger partial charge is 0.370 e. The van der Waals surface area contributed by atoms with E-state index >= 15 is 0 Å². The Morgan fingerprint density at radius 2 is 1.88 bits per heavy atom. The van der Waals surface area contributed by atoms with Gasteiger partial charge >= 0.3 is 0 Å². The molecule has 1 aliphatic rings. The van der Waals surface area contributed by atoms with Crippen LogP contribution in [0.15, 0.2) is 41.1 Å². The predicted octanol–water partition coefficient (Wildman–Crippen LogP) is 2.56. The Labute approximate surface area is 156 Å². The van der Waals surface area contributed by atoms with Gasteiger partial charge in [-0.05, 0) is 24.6 Å². The first-order valence-electron chi connectivity index (χ1n) is 8.49. The molecule has 1 N–H and O–H groups in total. The van der Waals surface area contributed by atoms with E-state index in [9.17, 15) is 4.79 Å². The first-order chi connectivity index (χ1) is 12.2. The van der Waals surface area contributed by atoms with Crippen molar-refractivity contribution in [1.82, 2.24) is 14.9 Å². The number of piperazine rings is 1. The first kappa shape index (κ1) is 17.7.